The number of fused-ring (bicyclic) bond motifs is 4. The van der Waals surface area contributed by atoms with Gasteiger partial charge in [-0.25, -0.2) is 0 Å². The Labute approximate surface area is 415 Å². The number of anilines is 4. The van der Waals surface area contributed by atoms with E-state index in [0.29, 0.717) is 24.5 Å². The van der Waals surface area contributed by atoms with E-state index < -0.39 is 5.78 Å². The Morgan fingerprint density at radius 3 is 0.870 bits per heavy atom. The van der Waals surface area contributed by atoms with Crippen LogP contribution in [0.5, 0.6) is 0 Å². The normalized spacial score (nSPS) is 12.2. The van der Waals surface area contributed by atoms with Gasteiger partial charge in [0.1, 0.15) is 0 Å². The third-order valence-corrected chi connectivity index (χ3v) is 11.7. The SMILES string of the molecule is C.CCCN(CCC)CCC(=O)Nc1cccc2c1C(=O)c1c(NC(=O)CCN(CCC)CCC)cccc1C2=O.O=C(CCCl)Nc1cccc2c1C(=O)c1c(NC(=O)CCCl)cccc1C2=O. The molecule has 6 rings (SSSR count). The van der Waals surface area contributed by atoms with Crippen molar-refractivity contribution in [1.82, 2.24) is 9.80 Å². The molecule has 4 aromatic carbocycles. The van der Waals surface area contributed by atoms with E-state index in [2.05, 4.69) is 58.8 Å². The molecular formula is C53H64Cl2N6O8. The predicted octanol–water partition coefficient (Wildman–Crippen LogP) is 9.60. The fourth-order valence-electron chi connectivity index (χ4n) is 8.38. The van der Waals surface area contributed by atoms with E-state index in [-0.39, 0.29) is 142 Å². The standard InChI is InChI=1S/C32H44N4O4.C20H16Cl2N2O4.CH4/c1-5-17-35(18-6-2)21-15-27(37)33-25-13-9-11-23-29(25)32(40)30-24(31(23)39)12-10-14-26(30)34-28(38)16-22-36(19-7-3)20-8-4;21-9-7-15(25)23-13-5-1-3-11-17(13)20(28)18-12(19(11)27)4-2-6-14(18)24-16(26)8-10-22;/h9-14H,5-8,15-22H2,1-4H3,(H,33,37)(H,34,38);1-6H,7-10H2,(H,23,25)(H,24,26);1H4. The smallest absolute Gasteiger partial charge is 0.225 e. The molecule has 4 N–H and O–H groups in total. The van der Waals surface area contributed by atoms with Gasteiger partial charge in [-0.3, -0.25) is 38.4 Å². The first-order chi connectivity index (χ1) is 32.8. The maximum Gasteiger partial charge on any atom is 0.225 e. The van der Waals surface area contributed by atoms with Crippen LogP contribution in [0.2, 0.25) is 0 Å². The highest BCUT2D eigenvalue weighted by Crippen LogP contribution is 2.37. The van der Waals surface area contributed by atoms with Crippen molar-refractivity contribution in [2.45, 2.75) is 86.5 Å². The van der Waals surface area contributed by atoms with E-state index in [0.717, 1.165) is 51.9 Å². The van der Waals surface area contributed by atoms with Crippen molar-refractivity contribution in [2.24, 2.45) is 0 Å². The molecule has 368 valence electrons. The first-order valence-electron chi connectivity index (χ1n) is 23.3. The molecule has 69 heavy (non-hydrogen) atoms. The van der Waals surface area contributed by atoms with Crippen LogP contribution in [-0.4, -0.2) is 108 Å². The average molecular weight is 984 g/mol. The summed E-state index contributed by atoms with van der Waals surface area (Å²) >= 11 is 11.2. The molecule has 0 fully saturated rings. The van der Waals surface area contributed by atoms with Crippen molar-refractivity contribution in [2.75, 3.05) is 72.3 Å². The van der Waals surface area contributed by atoms with Gasteiger partial charge in [-0.2, -0.15) is 0 Å². The second-order valence-corrected chi connectivity index (χ2v) is 17.2. The van der Waals surface area contributed by atoms with E-state index in [4.69, 9.17) is 23.2 Å². The van der Waals surface area contributed by atoms with E-state index in [1.54, 1.807) is 60.7 Å². The lowest BCUT2D eigenvalue weighted by molar-refractivity contribution is -0.117. The Morgan fingerprint density at radius 1 is 0.391 bits per heavy atom. The summed E-state index contributed by atoms with van der Waals surface area (Å²) < 4.78 is 0. The fourth-order valence-corrected chi connectivity index (χ4v) is 8.72. The summed E-state index contributed by atoms with van der Waals surface area (Å²) in [6.45, 7) is 13.4. The van der Waals surface area contributed by atoms with Crippen LogP contribution in [0.4, 0.5) is 22.7 Å². The van der Waals surface area contributed by atoms with Gasteiger partial charge in [0, 0.05) is 72.8 Å². The number of nitrogens with zero attached hydrogens (tertiary/aromatic N) is 2. The molecule has 0 spiro atoms. The zero-order chi connectivity index (χ0) is 49.3. The molecule has 0 saturated carbocycles. The maximum atomic E-state index is 13.9. The van der Waals surface area contributed by atoms with Crippen molar-refractivity contribution >= 4 is 92.7 Å². The van der Waals surface area contributed by atoms with E-state index in [1.807, 2.05) is 0 Å². The third kappa shape index (κ3) is 14.0. The van der Waals surface area contributed by atoms with Crippen LogP contribution < -0.4 is 21.3 Å². The molecule has 0 bridgehead atoms. The number of carbonyl (C=O) groups excluding carboxylic acids is 8. The summed E-state index contributed by atoms with van der Waals surface area (Å²) in [6, 6.07) is 19.2. The molecule has 0 saturated heterocycles. The van der Waals surface area contributed by atoms with Crippen LogP contribution in [0, 0.1) is 0 Å². The van der Waals surface area contributed by atoms with E-state index in [1.165, 1.54) is 12.1 Å². The Balaban J connectivity index is 0.000000314. The Hall–Kier alpha value is -6.06. The molecule has 0 radical (unpaired) electrons. The highest BCUT2D eigenvalue weighted by molar-refractivity contribution is 6.34. The Morgan fingerprint density at radius 2 is 0.638 bits per heavy atom. The molecule has 16 heteroatoms. The predicted molar refractivity (Wildman–Crippen MR) is 275 cm³/mol. The van der Waals surface area contributed by atoms with Gasteiger partial charge in [0.05, 0.1) is 45.0 Å². The average Bonchev–Trinajstić information content (AvgIpc) is 3.31. The van der Waals surface area contributed by atoms with Gasteiger partial charge in [-0.1, -0.05) is 83.7 Å². The molecular weight excluding hydrogens is 920 g/mol. The number of ketones is 4. The van der Waals surface area contributed by atoms with Gasteiger partial charge in [0.2, 0.25) is 23.6 Å². The van der Waals surface area contributed by atoms with Gasteiger partial charge in [-0.05, 0) is 76.1 Å². The zero-order valence-corrected chi connectivity index (χ0v) is 40.7. The second kappa shape index (κ2) is 27.2. The minimum Gasteiger partial charge on any atom is -0.325 e. The van der Waals surface area contributed by atoms with Gasteiger partial charge in [0.15, 0.2) is 23.1 Å². The molecule has 2 aliphatic carbocycles. The molecule has 14 nitrogen and oxygen atoms in total. The fraction of sp³-hybridized carbons (Fsp3) is 0.396. The van der Waals surface area contributed by atoms with Crippen molar-refractivity contribution in [3.63, 3.8) is 0 Å². The highest BCUT2D eigenvalue weighted by atomic mass is 35.5. The summed E-state index contributed by atoms with van der Waals surface area (Å²) in [5.41, 5.74) is 2.56. The molecule has 0 aromatic heterocycles. The van der Waals surface area contributed by atoms with Gasteiger partial charge < -0.3 is 31.1 Å². The number of hydrogen-bond donors (Lipinski definition) is 4. The van der Waals surface area contributed by atoms with E-state index >= 15 is 0 Å². The van der Waals surface area contributed by atoms with Crippen molar-refractivity contribution in [3.8, 4) is 0 Å². The maximum absolute atomic E-state index is 13.9. The zero-order valence-electron chi connectivity index (χ0n) is 39.2. The molecule has 2 aliphatic rings. The molecule has 0 unspecified atom stereocenters. The van der Waals surface area contributed by atoms with Crippen LogP contribution in [0.25, 0.3) is 0 Å². The molecule has 4 amide bonds. The van der Waals surface area contributed by atoms with Crippen LogP contribution in [0.15, 0.2) is 72.8 Å². The highest BCUT2D eigenvalue weighted by Gasteiger charge is 2.36. The minimum absolute atomic E-state index is 0. The largest absolute Gasteiger partial charge is 0.325 e. The van der Waals surface area contributed by atoms with Crippen LogP contribution in [0.1, 0.15) is 150 Å². The number of benzene rings is 4. The van der Waals surface area contributed by atoms with Crippen molar-refractivity contribution < 1.29 is 38.4 Å². The summed E-state index contributed by atoms with van der Waals surface area (Å²) in [7, 11) is 0. The number of alkyl halides is 2. The summed E-state index contributed by atoms with van der Waals surface area (Å²) in [5, 5.41) is 11.0. The molecule has 0 aliphatic heterocycles. The topological polar surface area (TPSA) is 191 Å². The Kier molecular flexibility index (Phi) is 21.9. The number of halogens is 2. The molecule has 4 aromatic rings. The number of rotatable bonds is 22. The number of amides is 4. The lowest BCUT2D eigenvalue weighted by atomic mass is 9.82. The quantitative estimate of drug-likeness (QED) is 0.0477. The van der Waals surface area contributed by atoms with Gasteiger partial charge in [0.25, 0.3) is 0 Å². The van der Waals surface area contributed by atoms with Gasteiger partial charge in [-0.15, -0.1) is 23.2 Å². The lowest BCUT2D eigenvalue weighted by Gasteiger charge is -2.24. The number of nitrogens with one attached hydrogen (secondary N) is 4. The van der Waals surface area contributed by atoms with Crippen LogP contribution in [-0.2, 0) is 19.2 Å². The van der Waals surface area contributed by atoms with Crippen molar-refractivity contribution in [1.29, 1.82) is 0 Å². The van der Waals surface area contributed by atoms with Crippen LogP contribution in [0.3, 0.4) is 0 Å². The molecule has 0 heterocycles. The summed E-state index contributed by atoms with van der Waals surface area (Å²) in [4.78, 5) is 108. The third-order valence-electron chi connectivity index (χ3n) is 11.4. The molecule has 0 atom stereocenters. The Bertz CT molecular complexity index is 2370. The monoisotopic (exact) mass is 982 g/mol. The number of carbonyl (C=O) groups is 8. The second-order valence-electron chi connectivity index (χ2n) is 16.5. The van der Waals surface area contributed by atoms with Gasteiger partial charge >= 0.3 is 0 Å². The first kappa shape index (κ1) is 55.5. The minimum atomic E-state index is -0.451. The number of hydrogen-bond acceptors (Lipinski definition) is 10. The first-order valence-corrected chi connectivity index (χ1v) is 24.4. The summed E-state index contributed by atoms with van der Waals surface area (Å²) in [6.07, 6.45) is 4.77. The van der Waals surface area contributed by atoms with E-state index in [9.17, 15) is 38.4 Å². The summed E-state index contributed by atoms with van der Waals surface area (Å²) in [5.74, 6) is -2.36. The lowest BCUT2D eigenvalue weighted by Crippen LogP contribution is -2.30. The van der Waals surface area contributed by atoms with Crippen molar-refractivity contribution in [3.05, 3.63) is 117 Å². The van der Waals surface area contributed by atoms with Crippen LogP contribution >= 0.6 is 23.2 Å².